The normalized spacial score (nSPS) is 16.1. The topological polar surface area (TPSA) is 29.9 Å². The molecule has 0 atom stereocenters. The predicted octanol–water partition coefficient (Wildman–Crippen LogP) is 2.11. The van der Waals surface area contributed by atoms with Crippen molar-refractivity contribution in [3.8, 4) is 0 Å². The molecule has 1 N–H and O–H groups in total. The van der Waals surface area contributed by atoms with E-state index in [1.165, 1.54) is 19.3 Å². The van der Waals surface area contributed by atoms with Crippen LogP contribution in [0.3, 0.4) is 0 Å². The number of aromatic nitrogens is 2. The second kappa shape index (κ2) is 3.81. The Morgan fingerprint density at radius 3 is 3.15 bits per heavy atom. The van der Waals surface area contributed by atoms with Crippen LogP contribution in [0.2, 0.25) is 0 Å². The Hall–Kier alpha value is -0.990. The number of nitrogens with one attached hydrogen (secondary N) is 1. The fourth-order valence-corrected chi connectivity index (χ4v) is 1.54. The van der Waals surface area contributed by atoms with E-state index in [1.807, 2.05) is 6.20 Å². The van der Waals surface area contributed by atoms with Gasteiger partial charge in [-0.3, -0.25) is 0 Å². The zero-order valence-electron chi connectivity index (χ0n) is 8.16. The number of hydrogen-bond donors (Lipinski definition) is 1. The summed E-state index contributed by atoms with van der Waals surface area (Å²) in [6.45, 7) is 4.16. The molecular weight excluding hydrogens is 162 g/mol. The van der Waals surface area contributed by atoms with Gasteiger partial charge in [0, 0.05) is 25.5 Å². The summed E-state index contributed by atoms with van der Waals surface area (Å²) >= 11 is 0. The summed E-state index contributed by atoms with van der Waals surface area (Å²) in [5.74, 6) is 2.01. The van der Waals surface area contributed by atoms with Crippen molar-refractivity contribution in [2.24, 2.45) is 5.92 Å². The van der Waals surface area contributed by atoms with E-state index >= 15 is 0 Å². The zero-order valence-corrected chi connectivity index (χ0v) is 8.16. The van der Waals surface area contributed by atoms with Gasteiger partial charge in [0.15, 0.2) is 0 Å². The van der Waals surface area contributed by atoms with E-state index in [-0.39, 0.29) is 0 Å². The maximum atomic E-state index is 4.26. The Bertz CT molecular complexity index is 263. The van der Waals surface area contributed by atoms with Crippen LogP contribution in [0.25, 0.3) is 0 Å². The van der Waals surface area contributed by atoms with Gasteiger partial charge in [0.25, 0.3) is 0 Å². The van der Waals surface area contributed by atoms with E-state index in [2.05, 4.69) is 28.0 Å². The first-order chi connectivity index (χ1) is 6.40. The van der Waals surface area contributed by atoms with E-state index in [9.17, 15) is 0 Å². The van der Waals surface area contributed by atoms with E-state index < -0.39 is 0 Å². The predicted molar refractivity (Wildman–Crippen MR) is 53.7 cm³/mol. The van der Waals surface area contributed by atoms with Crippen molar-refractivity contribution in [2.45, 2.75) is 32.7 Å². The molecule has 0 bridgehead atoms. The maximum Gasteiger partial charge on any atom is 0.202 e. The van der Waals surface area contributed by atoms with Crippen molar-refractivity contribution in [3.63, 3.8) is 0 Å². The molecule has 2 rings (SSSR count). The van der Waals surface area contributed by atoms with Gasteiger partial charge in [0.1, 0.15) is 0 Å². The van der Waals surface area contributed by atoms with Gasteiger partial charge in [-0.1, -0.05) is 12.8 Å². The maximum absolute atomic E-state index is 4.26. The van der Waals surface area contributed by atoms with Gasteiger partial charge in [-0.25, -0.2) is 4.98 Å². The summed E-state index contributed by atoms with van der Waals surface area (Å²) in [6, 6.07) is 0. The fraction of sp³-hybridized carbons (Fsp3) is 0.700. The zero-order chi connectivity index (χ0) is 9.10. The van der Waals surface area contributed by atoms with Crippen molar-refractivity contribution in [2.75, 3.05) is 11.9 Å². The van der Waals surface area contributed by atoms with Crippen molar-refractivity contribution >= 4 is 5.95 Å². The highest BCUT2D eigenvalue weighted by molar-refractivity contribution is 5.25. The van der Waals surface area contributed by atoms with Gasteiger partial charge in [-0.05, 0) is 19.3 Å². The van der Waals surface area contributed by atoms with Gasteiger partial charge in [0.05, 0.1) is 0 Å². The summed E-state index contributed by atoms with van der Waals surface area (Å²) in [7, 11) is 0. The lowest BCUT2D eigenvalue weighted by molar-refractivity contribution is 0.600. The lowest BCUT2D eigenvalue weighted by Crippen LogP contribution is -2.06. The minimum Gasteiger partial charge on any atom is -0.356 e. The Morgan fingerprint density at radius 2 is 2.46 bits per heavy atom. The van der Waals surface area contributed by atoms with E-state index in [4.69, 9.17) is 0 Å². The molecule has 0 spiro atoms. The molecule has 1 aliphatic rings. The number of rotatable bonds is 5. The van der Waals surface area contributed by atoms with Crippen LogP contribution in [0.1, 0.15) is 26.2 Å². The number of nitrogens with zero attached hydrogens (tertiary/aromatic N) is 2. The van der Waals surface area contributed by atoms with Crippen LogP contribution in [0.5, 0.6) is 0 Å². The van der Waals surface area contributed by atoms with Gasteiger partial charge in [0.2, 0.25) is 5.95 Å². The lowest BCUT2D eigenvalue weighted by atomic mass is 10.3. The van der Waals surface area contributed by atoms with Crippen LogP contribution in [0.4, 0.5) is 5.95 Å². The van der Waals surface area contributed by atoms with Crippen LogP contribution in [0.15, 0.2) is 12.4 Å². The average Bonchev–Trinajstić information content (AvgIpc) is 2.86. The molecule has 0 aliphatic heterocycles. The molecule has 0 saturated heterocycles. The third-order valence-corrected chi connectivity index (χ3v) is 2.53. The Labute approximate surface area is 79.2 Å². The van der Waals surface area contributed by atoms with E-state index in [1.54, 1.807) is 0 Å². The van der Waals surface area contributed by atoms with Gasteiger partial charge < -0.3 is 9.88 Å². The molecule has 1 aromatic heterocycles. The van der Waals surface area contributed by atoms with Gasteiger partial charge >= 0.3 is 0 Å². The highest BCUT2D eigenvalue weighted by atomic mass is 15.2. The monoisotopic (exact) mass is 179 g/mol. The summed E-state index contributed by atoms with van der Waals surface area (Å²) < 4.78 is 2.21. The molecule has 1 heterocycles. The molecule has 1 aromatic rings. The molecule has 72 valence electrons. The van der Waals surface area contributed by atoms with Crippen molar-refractivity contribution in [1.29, 1.82) is 0 Å². The van der Waals surface area contributed by atoms with Crippen LogP contribution in [-0.4, -0.2) is 16.1 Å². The standard InChI is InChI=1S/C10H17N3/c1-2-11-10-12-6-8-13(10)7-5-9-3-4-9/h6,8-9H,2-5,7H2,1H3,(H,11,12). The number of imidazole rings is 1. The van der Waals surface area contributed by atoms with Crippen molar-refractivity contribution in [3.05, 3.63) is 12.4 Å². The molecule has 13 heavy (non-hydrogen) atoms. The molecule has 1 aliphatic carbocycles. The first-order valence-corrected chi connectivity index (χ1v) is 5.15. The molecule has 1 saturated carbocycles. The third-order valence-electron chi connectivity index (χ3n) is 2.53. The summed E-state index contributed by atoms with van der Waals surface area (Å²) in [5.41, 5.74) is 0. The molecule has 3 heteroatoms. The minimum absolute atomic E-state index is 0.945. The fourth-order valence-electron chi connectivity index (χ4n) is 1.54. The van der Waals surface area contributed by atoms with Gasteiger partial charge in [-0.15, -0.1) is 0 Å². The van der Waals surface area contributed by atoms with E-state index in [0.717, 1.165) is 25.0 Å². The number of hydrogen-bond acceptors (Lipinski definition) is 2. The van der Waals surface area contributed by atoms with Crippen molar-refractivity contribution < 1.29 is 0 Å². The average molecular weight is 179 g/mol. The third kappa shape index (κ3) is 2.23. The molecule has 0 aromatic carbocycles. The largest absolute Gasteiger partial charge is 0.356 e. The molecule has 0 radical (unpaired) electrons. The summed E-state index contributed by atoms with van der Waals surface area (Å²) in [4.78, 5) is 4.26. The second-order valence-corrected chi connectivity index (χ2v) is 3.71. The highest BCUT2D eigenvalue weighted by Gasteiger charge is 2.20. The van der Waals surface area contributed by atoms with Gasteiger partial charge in [-0.2, -0.15) is 0 Å². The van der Waals surface area contributed by atoms with Crippen LogP contribution in [-0.2, 0) is 6.54 Å². The summed E-state index contributed by atoms with van der Waals surface area (Å²) in [6.07, 6.45) is 8.11. The van der Waals surface area contributed by atoms with Crippen LogP contribution < -0.4 is 5.32 Å². The Kier molecular flexibility index (Phi) is 2.52. The number of anilines is 1. The van der Waals surface area contributed by atoms with Crippen LogP contribution in [0, 0.1) is 5.92 Å². The minimum atomic E-state index is 0.945. The molecule has 3 nitrogen and oxygen atoms in total. The Balaban J connectivity index is 1.88. The molecule has 1 fully saturated rings. The lowest BCUT2D eigenvalue weighted by Gasteiger charge is -2.07. The molecular formula is C10H17N3. The first-order valence-electron chi connectivity index (χ1n) is 5.15. The number of aryl methyl sites for hydroxylation is 1. The van der Waals surface area contributed by atoms with Crippen LogP contribution >= 0.6 is 0 Å². The Morgan fingerprint density at radius 1 is 1.62 bits per heavy atom. The highest BCUT2D eigenvalue weighted by Crippen LogP contribution is 2.32. The molecule has 0 amide bonds. The SMILES string of the molecule is CCNc1nccn1CCC1CC1. The second-order valence-electron chi connectivity index (χ2n) is 3.71. The first kappa shape index (κ1) is 8.60. The quantitative estimate of drug-likeness (QED) is 0.750. The molecule has 0 unspecified atom stereocenters. The smallest absolute Gasteiger partial charge is 0.202 e. The summed E-state index contributed by atoms with van der Waals surface area (Å²) in [5, 5.41) is 3.25. The van der Waals surface area contributed by atoms with Crippen molar-refractivity contribution in [1.82, 2.24) is 9.55 Å². The van der Waals surface area contributed by atoms with E-state index in [0.29, 0.717) is 0 Å².